The molecule has 0 bridgehead atoms. The maximum atomic E-state index is 5.92. The highest BCUT2D eigenvalue weighted by Gasteiger charge is 2.04. The number of aryl methyl sites for hydroxylation is 1. The zero-order chi connectivity index (χ0) is 9.42. The summed E-state index contributed by atoms with van der Waals surface area (Å²) in [5.74, 6) is 0. The molecule has 0 atom stereocenters. The first-order valence-corrected chi connectivity index (χ1v) is 5.51. The van der Waals surface area contributed by atoms with Crippen molar-refractivity contribution in [2.75, 3.05) is 0 Å². The normalized spacial score (nSPS) is 11.0. The molecule has 1 nitrogen and oxygen atoms in total. The number of rotatable bonds is 1. The Labute approximate surface area is 90.4 Å². The molecule has 1 aromatic heterocycles. The molecule has 0 radical (unpaired) electrons. The molecule has 13 heavy (non-hydrogen) atoms. The Morgan fingerprint density at radius 3 is 2.92 bits per heavy atom. The molecule has 0 saturated heterocycles. The van der Waals surface area contributed by atoms with E-state index in [1.54, 1.807) is 0 Å². The number of hydrogen-bond acceptors (Lipinski definition) is 0. The zero-order valence-electron chi connectivity index (χ0n) is 7.22. The first-order valence-electron chi connectivity index (χ1n) is 4.02. The number of halogens is 2. The van der Waals surface area contributed by atoms with Crippen molar-refractivity contribution >= 4 is 38.4 Å². The molecule has 0 unspecified atom stereocenters. The minimum atomic E-state index is 0.787. The lowest BCUT2D eigenvalue weighted by atomic mass is 10.2. The summed E-state index contributed by atoms with van der Waals surface area (Å²) in [6, 6.07) is 5.98. The van der Waals surface area contributed by atoms with Gasteiger partial charge in [-0.05, 0) is 17.7 Å². The third-order valence-electron chi connectivity index (χ3n) is 2.18. The molecule has 0 aliphatic carbocycles. The number of fused-ring (bicyclic) bond motifs is 1. The quantitative estimate of drug-likeness (QED) is 0.687. The van der Waals surface area contributed by atoms with E-state index in [2.05, 4.69) is 32.8 Å². The van der Waals surface area contributed by atoms with Crippen LogP contribution < -0.4 is 0 Å². The van der Waals surface area contributed by atoms with E-state index in [1.807, 2.05) is 19.2 Å². The first kappa shape index (κ1) is 9.10. The number of alkyl halides is 1. The van der Waals surface area contributed by atoms with Crippen molar-refractivity contribution in [3.05, 3.63) is 35.0 Å². The molecular weight excluding hydrogens is 249 g/mol. The Morgan fingerprint density at radius 1 is 1.46 bits per heavy atom. The van der Waals surface area contributed by atoms with E-state index in [0.717, 1.165) is 10.4 Å². The molecule has 68 valence electrons. The third-order valence-corrected chi connectivity index (χ3v) is 3.02. The second-order valence-electron chi connectivity index (χ2n) is 3.06. The van der Waals surface area contributed by atoms with Crippen molar-refractivity contribution in [3.63, 3.8) is 0 Å². The summed E-state index contributed by atoms with van der Waals surface area (Å²) >= 11 is 9.38. The van der Waals surface area contributed by atoms with Crippen LogP contribution in [-0.4, -0.2) is 4.57 Å². The lowest BCUT2D eigenvalue weighted by molar-refractivity contribution is 0.963. The number of aromatic nitrogens is 1. The fourth-order valence-corrected chi connectivity index (χ4v) is 2.16. The Kier molecular flexibility index (Phi) is 2.35. The molecular formula is C10H9BrClN. The second kappa shape index (κ2) is 3.35. The minimum absolute atomic E-state index is 0.787. The van der Waals surface area contributed by atoms with Gasteiger partial charge in [-0.3, -0.25) is 0 Å². The van der Waals surface area contributed by atoms with Crippen molar-refractivity contribution in [3.8, 4) is 0 Å². The van der Waals surface area contributed by atoms with Crippen LogP contribution in [0.4, 0.5) is 0 Å². The van der Waals surface area contributed by atoms with E-state index in [4.69, 9.17) is 11.6 Å². The van der Waals surface area contributed by atoms with Gasteiger partial charge in [-0.25, -0.2) is 0 Å². The highest BCUT2D eigenvalue weighted by atomic mass is 79.9. The van der Waals surface area contributed by atoms with E-state index in [9.17, 15) is 0 Å². The molecule has 0 aliphatic rings. The number of nitrogens with zero attached hydrogens (tertiary/aromatic N) is 1. The van der Waals surface area contributed by atoms with E-state index >= 15 is 0 Å². The standard InChI is InChI=1S/C10H9BrClN/c1-13-6-7(5-11)9-3-2-8(12)4-10(9)13/h2-4,6H,5H2,1H3. The molecule has 0 spiro atoms. The first-order chi connectivity index (χ1) is 6.22. The fourth-order valence-electron chi connectivity index (χ4n) is 1.55. The molecule has 2 aromatic rings. The molecule has 0 N–H and O–H groups in total. The van der Waals surface area contributed by atoms with Gasteiger partial charge in [-0.15, -0.1) is 0 Å². The summed E-state index contributed by atoms with van der Waals surface area (Å²) in [6.07, 6.45) is 2.12. The van der Waals surface area contributed by atoms with Crippen LogP contribution in [0.2, 0.25) is 5.02 Å². The molecule has 0 amide bonds. The monoisotopic (exact) mass is 257 g/mol. The van der Waals surface area contributed by atoms with Gasteiger partial charge in [0.2, 0.25) is 0 Å². The summed E-state index contributed by atoms with van der Waals surface area (Å²) in [7, 11) is 2.03. The van der Waals surface area contributed by atoms with Crippen LogP contribution >= 0.6 is 27.5 Å². The van der Waals surface area contributed by atoms with Crippen molar-refractivity contribution < 1.29 is 0 Å². The van der Waals surface area contributed by atoms with Gasteiger partial charge in [0, 0.05) is 34.5 Å². The second-order valence-corrected chi connectivity index (χ2v) is 4.06. The van der Waals surface area contributed by atoms with Gasteiger partial charge in [0.15, 0.2) is 0 Å². The Bertz CT molecular complexity index is 447. The summed E-state index contributed by atoms with van der Waals surface area (Å²) in [4.78, 5) is 0. The molecule has 0 saturated carbocycles. The van der Waals surface area contributed by atoms with Crippen LogP contribution in [0.3, 0.4) is 0 Å². The van der Waals surface area contributed by atoms with Crippen LogP contribution in [0.5, 0.6) is 0 Å². The van der Waals surface area contributed by atoms with Crippen LogP contribution in [-0.2, 0) is 12.4 Å². The van der Waals surface area contributed by atoms with Gasteiger partial charge in [0.25, 0.3) is 0 Å². The molecule has 3 heteroatoms. The molecule has 2 rings (SSSR count). The summed E-state index contributed by atoms with van der Waals surface area (Å²) < 4.78 is 2.10. The predicted molar refractivity (Wildman–Crippen MR) is 60.6 cm³/mol. The van der Waals surface area contributed by atoms with Gasteiger partial charge in [0.05, 0.1) is 0 Å². The number of hydrogen-bond donors (Lipinski definition) is 0. The van der Waals surface area contributed by atoms with Crippen LogP contribution in [0, 0.1) is 0 Å². The van der Waals surface area contributed by atoms with Gasteiger partial charge in [-0.1, -0.05) is 33.6 Å². The van der Waals surface area contributed by atoms with Gasteiger partial charge in [0.1, 0.15) is 0 Å². The van der Waals surface area contributed by atoms with E-state index in [0.29, 0.717) is 0 Å². The zero-order valence-corrected chi connectivity index (χ0v) is 9.56. The van der Waals surface area contributed by atoms with E-state index in [-0.39, 0.29) is 0 Å². The molecule has 0 fully saturated rings. The third kappa shape index (κ3) is 1.49. The van der Waals surface area contributed by atoms with Crippen LogP contribution in [0.15, 0.2) is 24.4 Å². The predicted octanol–water partition coefficient (Wildman–Crippen LogP) is 3.73. The van der Waals surface area contributed by atoms with Crippen molar-refractivity contribution in [2.45, 2.75) is 5.33 Å². The van der Waals surface area contributed by atoms with Crippen LogP contribution in [0.25, 0.3) is 10.9 Å². The Balaban J connectivity index is 2.80. The smallest absolute Gasteiger partial charge is 0.0495 e. The van der Waals surface area contributed by atoms with Gasteiger partial charge < -0.3 is 4.57 Å². The minimum Gasteiger partial charge on any atom is -0.350 e. The topological polar surface area (TPSA) is 4.93 Å². The molecule has 1 heterocycles. The largest absolute Gasteiger partial charge is 0.350 e. The average molecular weight is 259 g/mol. The molecule has 0 aliphatic heterocycles. The lowest BCUT2D eigenvalue weighted by Crippen LogP contribution is -1.82. The average Bonchev–Trinajstić information content (AvgIpc) is 2.43. The Hall–Kier alpha value is -0.470. The van der Waals surface area contributed by atoms with Crippen LogP contribution in [0.1, 0.15) is 5.56 Å². The van der Waals surface area contributed by atoms with E-state index < -0.39 is 0 Å². The van der Waals surface area contributed by atoms with Crippen molar-refractivity contribution in [1.82, 2.24) is 4.57 Å². The summed E-state index contributed by atoms with van der Waals surface area (Å²) in [5, 5.41) is 2.94. The Morgan fingerprint density at radius 2 is 2.23 bits per heavy atom. The maximum Gasteiger partial charge on any atom is 0.0495 e. The highest BCUT2D eigenvalue weighted by molar-refractivity contribution is 9.08. The lowest BCUT2D eigenvalue weighted by Gasteiger charge is -1.95. The van der Waals surface area contributed by atoms with Crippen molar-refractivity contribution in [1.29, 1.82) is 0 Å². The number of benzene rings is 1. The van der Waals surface area contributed by atoms with Crippen molar-refractivity contribution in [2.24, 2.45) is 7.05 Å². The van der Waals surface area contributed by atoms with Gasteiger partial charge >= 0.3 is 0 Å². The molecule has 1 aromatic carbocycles. The highest BCUT2D eigenvalue weighted by Crippen LogP contribution is 2.25. The summed E-state index contributed by atoms with van der Waals surface area (Å²) in [5.41, 5.74) is 2.48. The maximum absolute atomic E-state index is 5.92. The van der Waals surface area contributed by atoms with E-state index in [1.165, 1.54) is 16.5 Å². The fraction of sp³-hybridized carbons (Fsp3) is 0.200. The van der Waals surface area contributed by atoms with Gasteiger partial charge in [-0.2, -0.15) is 0 Å². The summed E-state index contributed by atoms with van der Waals surface area (Å²) in [6.45, 7) is 0. The SMILES string of the molecule is Cn1cc(CBr)c2ccc(Cl)cc21.